The molecule has 0 spiro atoms. The van der Waals surface area contributed by atoms with E-state index < -0.39 is 11.7 Å². The predicted octanol–water partition coefficient (Wildman–Crippen LogP) is 2.66. The van der Waals surface area contributed by atoms with Gasteiger partial charge in [-0.3, -0.25) is 4.79 Å². The minimum Gasteiger partial charge on any atom is -0.486 e. The molecular formula is C13H10BrFN2O2. The number of benzene rings is 1. The normalized spacial score (nSPS) is 10.2. The van der Waals surface area contributed by atoms with Crippen molar-refractivity contribution in [1.29, 1.82) is 0 Å². The highest BCUT2D eigenvalue weighted by Gasteiger charge is 2.09. The molecule has 0 aliphatic carbocycles. The Kier molecular flexibility index (Phi) is 4.11. The second-order valence-electron chi connectivity index (χ2n) is 3.75. The van der Waals surface area contributed by atoms with Crippen molar-refractivity contribution >= 4 is 21.8 Å². The smallest absolute Gasteiger partial charge is 0.248 e. The van der Waals surface area contributed by atoms with E-state index in [9.17, 15) is 9.18 Å². The maximum absolute atomic E-state index is 13.6. The summed E-state index contributed by atoms with van der Waals surface area (Å²) in [6.07, 6.45) is 1.60. The number of ether oxygens (including phenoxy) is 1. The van der Waals surface area contributed by atoms with Gasteiger partial charge in [0.2, 0.25) is 5.91 Å². The van der Waals surface area contributed by atoms with E-state index in [1.807, 2.05) is 0 Å². The highest BCUT2D eigenvalue weighted by Crippen LogP contribution is 2.22. The lowest BCUT2D eigenvalue weighted by Gasteiger charge is -2.09. The Bertz CT molecular complexity index is 619. The summed E-state index contributed by atoms with van der Waals surface area (Å²) in [4.78, 5) is 15.0. The van der Waals surface area contributed by atoms with E-state index in [0.717, 1.165) is 0 Å². The maximum atomic E-state index is 13.6. The number of pyridine rings is 1. The fourth-order valence-corrected chi connectivity index (χ4v) is 1.84. The molecule has 1 aromatic carbocycles. The van der Waals surface area contributed by atoms with Crippen LogP contribution in [0.5, 0.6) is 5.75 Å². The summed E-state index contributed by atoms with van der Waals surface area (Å²) in [5, 5.41) is 0. The first-order valence-electron chi connectivity index (χ1n) is 5.39. The fourth-order valence-electron chi connectivity index (χ4n) is 1.47. The molecule has 0 aliphatic heterocycles. The van der Waals surface area contributed by atoms with E-state index in [4.69, 9.17) is 10.5 Å². The molecule has 1 aromatic heterocycles. The number of amides is 1. The summed E-state index contributed by atoms with van der Waals surface area (Å²) in [7, 11) is 0. The van der Waals surface area contributed by atoms with E-state index in [1.54, 1.807) is 18.3 Å². The van der Waals surface area contributed by atoms with Crippen LogP contribution < -0.4 is 10.5 Å². The van der Waals surface area contributed by atoms with Gasteiger partial charge in [0.15, 0.2) is 5.75 Å². The zero-order valence-electron chi connectivity index (χ0n) is 9.77. The van der Waals surface area contributed by atoms with Crippen LogP contribution in [0, 0.1) is 5.82 Å². The Morgan fingerprint density at radius 2 is 2.21 bits per heavy atom. The Morgan fingerprint density at radius 1 is 1.42 bits per heavy atom. The van der Waals surface area contributed by atoms with Crippen LogP contribution in [0.4, 0.5) is 4.39 Å². The third-order valence-electron chi connectivity index (χ3n) is 2.44. The standard InChI is InChI=1S/C13H10BrFN2O2/c14-12-11(2-1-5-17-12)19-7-9-6-8(13(16)18)3-4-10(9)15/h1-6H,7H2,(H2,16,18). The Morgan fingerprint density at radius 3 is 2.89 bits per heavy atom. The van der Waals surface area contributed by atoms with E-state index in [-0.39, 0.29) is 17.7 Å². The molecule has 0 radical (unpaired) electrons. The first kappa shape index (κ1) is 13.5. The molecular weight excluding hydrogens is 315 g/mol. The lowest BCUT2D eigenvalue weighted by molar-refractivity contribution is 0.1000. The number of nitrogens with zero attached hydrogens (tertiary/aromatic N) is 1. The SMILES string of the molecule is NC(=O)c1ccc(F)c(COc2cccnc2Br)c1. The molecule has 1 amide bonds. The molecule has 0 unspecified atom stereocenters. The van der Waals surface area contributed by atoms with Crippen molar-refractivity contribution in [3.05, 3.63) is 58.1 Å². The van der Waals surface area contributed by atoms with E-state index in [0.29, 0.717) is 10.4 Å². The van der Waals surface area contributed by atoms with Crippen molar-refractivity contribution in [2.24, 2.45) is 5.73 Å². The van der Waals surface area contributed by atoms with E-state index in [1.165, 1.54) is 18.2 Å². The zero-order valence-corrected chi connectivity index (χ0v) is 11.4. The molecule has 0 saturated carbocycles. The van der Waals surface area contributed by atoms with Crippen LogP contribution in [0.15, 0.2) is 41.1 Å². The van der Waals surface area contributed by atoms with Crippen LogP contribution in [0.2, 0.25) is 0 Å². The van der Waals surface area contributed by atoms with Gasteiger partial charge in [-0.15, -0.1) is 0 Å². The van der Waals surface area contributed by atoms with Gasteiger partial charge in [-0.2, -0.15) is 0 Å². The molecule has 1 heterocycles. The van der Waals surface area contributed by atoms with Crippen molar-refractivity contribution in [2.75, 3.05) is 0 Å². The van der Waals surface area contributed by atoms with Gasteiger partial charge in [0.25, 0.3) is 0 Å². The number of rotatable bonds is 4. The average molecular weight is 325 g/mol. The van der Waals surface area contributed by atoms with Gasteiger partial charge in [-0.25, -0.2) is 9.37 Å². The molecule has 2 rings (SSSR count). The third kappa shape index (κ3) is 3.29. The van der Waals surface area contributed by atoms with Crippen LogP contribution in [-0.4, -0.2) is 10.9 Å². The van der Waals surface area contributed by atoms with Gasteiger partial charge in [-0.1, -0.05) is 0 Å². The third-order valence-corrected chi connectivity index (χ3v) is 3.03. The quantitative estimate of drug-likeness (QED) is 0.879. The highest BCUT2D eigenvalue weighted by molar-refractivity contribution is 9.10. The van der Waals surface area contributed by atoms with Crippen molar-refractivity contribution in [3.8, 4) is 5.75 Å². The Labute approximate surface area is 117 Å². The molecule has 0 atom stereocenters. The minimum absolute atomic E-state index is 0.0166. The van der Waals surface area contributed by atoms with Crippen LogP contribution in [0.25, 0.3) is 0 Å². The second-order valence-corrected chi connectivity index (χ2v) is 4.50. The summed E-state index contributed by atoms with van der Waals surface area (Å²) >= 11 is 3.22. The molecule has 98 valence electrons. The summed E-state index contributed by atoms with van der Waals surface area (Å²) in [5.74, 6) is -0.569. The summed E-state index contributed by atoms with van der Waals surface area (Å²) < 4.78 is 19.5. The molecule has 0 aliphatic rings. The lowest BCUT2D eigenvalue weighted by atomic mass is 10.1. The van der Waals surface area contributed by atoms with Crippen molar-refractivity contribution in [3.63, 3.8) is 0 Å². The van der Waals surface area contributed by atoms with Gasteiger partial charge in [0.1, 0.15) is 17.0 Å². The highest BCUT2D eigenvalue weighted by atomic mass is 79.9. The minimum atomic E-state index is -0.608. The van der Waals surface area contributed by atoms with Gasteiger partial charge in [-0.05, 0) is 46.3 Å². The summed E-state index contributed by atoms with van der Waals surface area (Å²) in [6, 6.07) is 7.31. The number of halogens is 2. The lowest BCUT2D eigenvalue weighted by Crippen LogP contribution is -2.12. The van der Waals surface area contributed by atoms with E-state index >= 15 is 0 Å². The summed E-state index contributed by atoms with van der Waals surface area (Å²) in [5.41, 5.74) is 5.64. The Balaban J connectivity index is 2.17. The first-order valence-corrected chi connectivity index (χ1v) is 6.19. The molecule has 0 saturated heterocycles. The maximum Gasteiger partial charge on any atom is 0.248 e. The average Bonchev–Trinajstić information content (AvgIpc) is 2.39. The summed E-state index contributed by atoms with van der Waals surface area (Å²) in [6.45, 7) is -0.0166. The Hall–Kier alpha value is -1.95. The van der Waals surface area contributed by atoms with Crippen LogP contribution in [0.3, 0.4) is 0 Å². The monoisotopic (exact) mass is 324 g/mol. The number of primary amides is 1. The molecule has 6 heteroatoms. The number of hydrogen-bond donors (Lipinski definition) is 1. The fraction of sp³-hybridized carbons (Fsp3) is 0.0769. The zero-order chi connectivity index (χ0) is 13.8. The topological polar surface area (TPSA) is 65.2 Å². The second kappa shape index (κ2) is 5.79. The van der Waals surface area contributed by atoms with Crippen molar-refractivity contribution in [1.82, 2.24) is 4.98 Å². The molecule has 2 aromatic rings. The molecule has 0 fully saturated rings. The number of carbonyl (C=O) groups is 1. The number of aromatic nitrogens is 1. The molecule has 4 nitrogen and oxygen atoms in total. The number of carbonyl (C=O) groups excluding carboxylic acids is 1. The number of nitrogens with two attached hydrogens (primary N) is 1. The molecule has 19 heavy (non-hydrogen) atoms. The predicted molar refractivity (Wildman–Crippen MR) is 71.2 cm³/mol. The van der Waals surface area contributed by atoms with Gasteiger partial charge in [0, 0.05) is 17.3 Å². The van der Waals surface area contributed by atoms with Crippen molar-refractivity contribution < 1.29 is 13.9 Å². The van der Waals surface area contributed by atoms with Crippen LogP contribution in [-0.2, 0) is 6.61 Å². The van der Waals surface area contributed by atoms with E-state index in [2.05, 4.69) is 20.9 Å². The van der Waals surface area contributed by atoms with Gasteiger partial charge in [0.05, 0.1) is 0 Å². The van der Waals surface area contributed by atoms with Gasteiger partial charge < -0.3 is 10.5 Å². The van der Waals surface area contributed by atoms with Gasteiger partial charge >= 0.3 is 0 Å². The van der Waals surface area contributed by atoms with Crippen LogP contribution >= 0.6 is 15.9 Å². The molecule has 2 N–H and O–H groups in total. The number of hydrogen-bond acceptors (Lipinski definition) is 3. The molecule has 0 bridgehead atoms. The van der Waals surface area contributed by atoms with Crippen molar-refractivity contribution in [2.45, 2.75) is 6.61 Å². The van der Waals surface area contributed by atoms with Crippen LogP contribution in [0.1, 0.15) is 15.9 Å². The first-order chi connectivity index (χ1) is 9.08. The largest absolute Gasteiger partial charge is 0.486 e.